The van der Waals surface area contributed by atoms with E-state index in [-0.39, 0.29) is 11.4 Å². The molecular formula is C24H19N3O2. The minimum absolute atomic E-state index is 0.321. The van der Waals surface area contributed by atoms with Crippen molar-refractivity contribution in [3.8, 4) is 5.69 Å². The number of hydrogen-bond acceptors (Lipinski definition) is 2. The average molecular weight is 381 g/mol. The lowest BCUT2D eigenvalue weighted by atomic mass is 9.72. The maximum absolute atomic E-state index is 13.5. The molecule has 2 atom stereocenters. The Morgan fingerprint density at radius 3 is 1.59 bits per heavy atom. The second kappa shape index (κ2) is 5.06. The quantitative estimate of drug-likeness (QED) is 0.475. The molecule has 2 unspecified atom stereocenters. The molecule has 2 bridgehead atoms. The van der Waals surface area contributed by atoms with Crippen molar-refractivity contribution in [2.24, 2.45) is 0 Å². The first-order valence-electron chi connectivity index (χ1n) is 9.73. The number of nitrogens with zero attached hydrogens (tertiary/aromatic N) is 3. The Morgan fingerprint density at radius 1 is 0.655 bits per heavy atom. The first-order chi connectivity index (χ1) is 13.9. The minimum atomic E-state index is -0.729. The van der Waals surface area contributed by atoms with Gasteiger partial charge in [-0.1, -0.05) is 54.6 Å². The van der Waals surface area contributed by atoms with E-state index < -0.39 is 11.1 Å². The molecule has 5 nitrogen and oxygen atoms in total. The molecule has 29 heavy (non-hydrogen) atoms. The smallest absolute Gasteiger partial charge is 0.245 e. The van der Waals surface area contributed by atoms with Crippen LogP contribution in [0.25, 0.3) is 16.5 Å². The maximum atomic E-state index is 13.5. The second-order valence-electron chi connectivity index (χ2n) is 8.23. The monoisotopic (exact) mass is 381 g/mol. The van der Waals surface area contributed by atoms with Gasteiger partial charge in [0, 0.05) is 0 Å². The number of fused-ring (bicyclic) bond motifs is 1. The van der Waals surface area contributed by atoms with Gasteiger partial charge >= 0.3 is 11.4 Å². The zero-order valence-electron chi connectivity index (χ0n) is 16.2. The van der Waals surface area contributed by atoms with E-state index >= 15 is 0 Å². The van der Waals surface area contributed by atoms with Crippen LogP contribution in [0, 0.1) is 0 Å². The molecule has 0 saturated carbocycles. The zero-order chi connectivity index (χ0) is 20.0. The van der Waals surface area contributed by atoms with Crippen LogP contribution in [0.2, 0.25) is 0 Å². The van der Waals surface area contributed by atoms with E-state index in [9.17, 15) is 9.59 Å². The van der Waals surface area contributed by atoms with Crippen molar-refractivity contribution in [3.63, 3.8) is 0 Å². The zero-order valence-corrected chi connectivity index (χ0v) is 16.2. The highest BCUT2D eigenvalue weighted by atomic mass is 16.2. The van der Waals surface area contributed by atoms with Crippen LogP contribution in [0.15, 0.2) is 88.5 Å². The molecule has 7 rings (SSSR count). The number of benzene rings is 3. The van der Waals surface area contributed by atoms with E-state index in [0.717, 1.165) is 21.9 Å². The summed E-state index contributed by atoms with van der Waals surface area (Å²) < 4.78 is 4.52. The lowest BCUT2D eigenvalue weighted by Gasteiger charge is -2.48. The van der Waals surface area contributed by atoms with Gasteiger partial charge in [-0.15, -0.1) is 0 Å². The van der Waals surface area contributed by atoms with Crippen LogP contribution < -0.4 is 11.4 Å². The highest BCUT2D eigenvalue weighted by Gasteiger charge is 2.51. The van der Waals surface area contributed by atoms with E-state index in [1.54, 1.807) is 21.5 Å². The topological polar surface area (TPSA) is 48.9 Å². The molecule has 1 aromatic heterocycles. The largest absolute Gasteiger partial charge is 0.353 e. The van der Waals surface area contributed by atoms with Crippen molar-refractivity contribution < 1.29 is 0 Å². The molecule has 0 spiro atoms. The van der Waals surface area contributed by atoms with Gasteiger partial charge in [-0.2, -0.15) is 0 Å². The SMILES string of the molecule is CC12C=CC(C)(c3cc4ccccc4cc31)n1c(=O)n(-c3ccccc3)c(=O)n12. The van der Waals surface area contributed by atoms with Crippen LogP contribution in [-0.4, -0.2) is 13.9 Å². The predicted molar refractivity (Wildman–Crippen MR) is 113 cm³/mol. The first-order valence-corrected chi connectivity index (χ1v) is 9.73. The van der Waals surface area contributed by atoms with E-state index in [1.807, 2.05) is 44.2 Å². The number of hydrogen-bond donors (Lipinski definition) is 0. The van der Waals surface area contributed by atoms with Crippen molar-refractivity contribution in [3.05, 3.63) is 111 Å². The third-order valence-electron chi connectivity index (χ3n) is 6.55. The third kappa shape index (κ3) is 1.80. The van der Waals surface area contributed by atoms with Gasteiger partial charge in [0.2, 0.25) is 0 Å². The standard InChI is InChI=1S/C24H19N3O2/c1-23-12-13-24(2,20-15-17-9-7-6-8-16(17)14-19(20)23)27-22(29)25(21(28)26(23)27)18-10-4-3-5-11-18/h3-15H,1-2H3. The van der Waals surface area contributed by atoms with E-state index in [4.69, 9.17) is 0 Å². The van der Waals surface area contributed by atoms with Crippen molar-refractivity contribution >= 4 is 10.8 Å². The minimum Gasteiger partial charge on any atom is -0.245 e. The predicted octanol–water partition coefficient (Wildman–Crippen LogP) is 3.36. The Bertz CT molecular complexity index is 1380. The summed E-state index contributed by atoms with van der Waals surface area (Å²) in [6, 6.07) is 21.6. The van der Waals surface area contributed by atoms with Crippen molar-refractivity contribution in [2.75, 3.05) is 0 Å². The van der Waals surface area contributed by atoms with Crippen LogP contribution in [0.1, 0.15) is 25.0 Å². The summed E-state index contributed by atoms with van der Waals surface area (Å²) in [5.74, 6) is 0. The summed E-state index contributed by atoms with van der Waals surface area (Å²) in [4.78, 5) is 27.0. The normalized spacial score (nSPS) is 23.9. The van der Waals surface area contributed by atoms with Gasteiger partial charge in [0.15, 0.2) is 0 Å². The fourth-order valence-corrected chi connectivity index (χ4v) is 5.00. The lowest BCUT2D eigenvalue weighted by Crippen LogP contribution is -2.57. The van der Waals surface area contributed by atoms with Crippen molar-refractivity contribution in [1.29, 1.82) is 0 Å². The molecule has 5 heteroatoms. The Balaban J connectivity index is 1.76. The molecule has 3 aromatic carbocycles. The summed E-state index contributed by atoms with van der Waals surface area (Å²) in [5.41, 5.74) is 0.608. The van der Waals surface area contributed by atoms with Crippen molar-refractivity contribution in [2.45, 2.75) is 24.9 Å². The summed E-state index contributed by atoms with van der Waals surface area (Å²) in [6.07, 6.45) is 4.11. The van der Waals surface area contributed by atoms with Gasteiger partial charge < -0.3 is 0 Å². The summed E-state index contributed by atoms with van der Waals surface area (Å²) in [7, 11) is 0. The Morgan fingerprint density at radius 2 is 1.10 bits per heavy atom. The van der Waals surface area contributed by atoms with E-state index in [1.165, 1.54) is 4.57 Å². The molecule has 0 N–H and O–H groups in total. The van der Waals surface area contributed by atoms with Gasteiger partial charge in [0.1, 0.15) is 11.1 Å². The third-order valence-corrected chi connectivity index (χ3v) is 6.55. The maximum Gasteiger partial charge on any atom is 0.353 e. The molecule has 2 aliphatic heterocycles. The fourth-order valence-electron chi connectivity index (χ4n) is 5.00. The highest BCUT2D eigenvalue weighted by Crippen LogP contribution is 2.47. The Hall–Kier alpha value is -3.60. The van der Waals surface area contributed by atoms with Crippen LogP contribution in [0.4, 0.5) is 0 Å². The molecule has 0 fully saturated rings. The Kier molecular flexibility index (Phi) is 2.85. The van der Waals surface area contributed by atoms with Gasteiger partial charge in [0.05, 0.1) is 5.69 Å². The van der Waals surface area contributed by atoms with Crippen molar-refractivity contribution in [1.82, 2.24) is 13.9 Å². The van der Waals surface area contributed by atoms with Gasteiger partial charge in [-0.25, -0.2) is 23.5 Å². The number of rotatable bonds is 1. The van der Waals surface area contributed by atoms with E-state index in [0.29, 0.717) is 5.69 Å². The Labute approximate surface area is 166 Å². The van der Waals surface area contributed by atoms with Gasteiger partial charge in [0.25, 0.3) is 0 Å². The molecule has 3 heterocycles. The van der Waals surface area contributed by atoms with Gasteiger partial charge in [-0.3, -0.25) is 0 Å². The first kappa shape index (κ1) is 16.4. The highest BCUT2D eigenvalue weighted by molar-refractivity contribution is 5.85. The molecular weight excluding hydrogens is 362 g/mol. The molecule has 0 saturated heterocycles. The molecule has 3 aliphatic rings. The summed E-state index contributed by atoms with van der Waals surface area (Å²) in [5, 5.41) is 2.25. The number of para-hydroxylation sites is 1. The number of aromatic nitrogens is 3. The molecule has 0 amide bonds. The number of allylic oxidation sites excluding steroid dienone is 2. The molecule has 142 valence electrons. The van der Waals surface area contributed by atoms with Gasteiger partial charge in [-0.05, 0) is 60.0 Å². The lowest BCUT2D eigenvalue weighted by molar-refractivity contribution is 0.222. The van der Waals surface area contributed by atoms with Crippen LogP contribution in [0.5, 0.6) is 0 Å². The second-order valence-corrected chi connectivity index (χ2v) is 8.23. The molecule has 4 aromatic rings. The summed E-state index contributed by atoms with van der Waals surface area (Å²) >= 11 is 0. The molecule has 0 radical (unpaired) electrons. The van der Waals surface area contributed by atoms with E-state index in [2.05, 4.69) is 36.4 Å². The molecule has 1 aliphatic carbocycles. The average Bonchev–Trinajstić information content (AvgIpc) is 3.02. The fraction of sp³-hybridized carbons (Fsp3) is 0.167. The summed E-state index contributed by atoms with van der Waals surface area (Å²) in [6.45, 7) is 4.00. The van der Waals surface area contributed by atoms with Crippen LogP contribution in [0.3, 0.4) is 0 Å². The van der Waals surface area contributed by atoms with Crippen LogP contribution in [-0.2, 0) is 11.1 Å². The van der Waals surface area contributed by atoms with Crippen LogP contribution >= 0.6 is 0 Å².